The summed E-state index contributed by atoms with van der Waals surface area (Å²) < 4.78 is 12.0. The number of alkyl carbamates (subject to hydrolysis) is 1. The Labute approximate surface area is 180 Å². The van der Waals surface area contributed by atoms with Gasteiger partial charge in [0.15, 0.2) is 5.65 Å². The summed E-state index contributed by atoms with van der Waals surface area (Å²) in [5.41, 5.74) is 4.07. The van der Waals surface area contributed by atoms with E-state index in [9.17, 15) is 4.79 Å². The lowest BCUT2D eigenvalue weighted by molar-refractivity contribution is 0.166. The van der Waals surface area contributed by atoms with Crippen LogP contribution in [0.5, 0.6) is 5.75 Å². The van der Waals surface area contributed by atoms with Gasteiger partial charge in [-0.15, -0.1) is 0 Å². The highest BCUT2D eigenvalue weighted by Crippen LogP contribution is 2.33. The molecule has 0 spiro atoms. The number of carbonyl (C=O) groups excluding carboxylic acids is 1. The normalized spacial score (nSPS) is 14.7. The lowest BCUT2D eigenvalue weighted by Gasteiger charge is -2.26. The van der Waals surface area contributed by atoms with Gasteiger partial charge in [0.1, 0.15) is 5.75 Å². The summed E-state index contributed by atoms with van der Waals surface area (Å²) in [6.45, 7) is 4.26. The molecule has 10 heteroatoms. The topological polar surface area (TPSA) is 106 Å². The molecule has 10 nitrogen and oxygen atoms in total. The Hall–Kier alpha value is -3.40. The molecule has 164 valence electrons. The van der Waals surface area contributed by atoms with Crippen molar-refractivity contribution in [1.82, 2.24) is 30.0 Å². The SMILES string of the molecule is COC(=O)N[C@@H](C)Cn1ncc2cnc(Nc3cc4c(cc3OC)CCN(C)C4)nc21. The maximum atomic E-state index is 11.4. The number of hydrogen-bond acceptors (Lipinski definition) is 8. The van der Waals surface area contributed by atoms with Crippen molar-refractivity contribution in [2.45, 2.75) is 32.5 Å². The lowest BCUT2D eigenvalue weighted by atomic mass is 9.99. The van der Waals surface area contributed by atoms with Crippen LogP contribution in [0, 0.1) is 0 Å². The first kappa shape index (κ1) is 20.9. The van der Waals surface area contributed by atoms with Crippen LogP contribution in [0.15, 0.2) is 24.5 Å². The zero-order valence-electron chi connectivity index (χ0n) is 18.2. The van der Waals surface area contributed by atoms with E-state index in [1.807, 2.05) is 6.92 Å². The second kappa shape index (κ2) is 8.76. The first-order valence-corrected chi connectivity index (χ1v) is 10.1. The summed E-state index contributed by atoms with van der Waals surface area (Å²) in [5.74, 6) is 1.21. The monoisotopic (exact) mass is 425 g/mol. The molecule has 2 N–H and O–H groups in total. The summed E-state index contributed by atoms with van der Waals surface area (Å²) >= 11 is 0. The van der Waals surface area contributed by atoms with E-state index >= 15 is 0 Å². The number of anilines is 2. The van der Waals surface area contributed by atoms with Gasteiger partial charge in [0.25, 0.3) is 0 Å². The minimum absolute atomic E-state index is 0.181. The molecule has 1 aromatic carbocycles. The summed E-state index contributed by atoms with van der Waals surface area (Å²) in [4.78, 5) is 22.8. The van der Waals surface area contributed by atoms with Crippen molar-refractivity contribution in [2.24, 2.45) is 0 Å². The van der Waals surface area contributed by atoms with E-state index in [1.54, 1.807) is 24.2 Å². The third kappa shape index (κ3) is 4.53. The number of likely N-dealkylation sites (N-methyl/N-ethyl adjacent to an activating group) is 1. The Morgan fingerprint density at radius 1 is 1.26 bits per heavy atom. The van der Waals surface area contributed by atoms with Gasteiger partial charge in [-0.2, -0.15) is 10.1 Å². The average molecular weight is 425 g/mol. The molecule has 0 saturated carbocycles. The molecule has 0 saturated heterocycles. The fourth-order valence-electron chi connectivity index (χ4n) is 3.74. The lowest BCUT2D eigenvalue weighted by Crippen LogP contribution is -2.35. The van der Waals surface area contributed by atoms with Crippen molar-refractivity contribution in [3.8, 4) is 5.75 Å². The number of benzene rings is 1. The Balaban J connectivity index is 1.59. The van der Waals surface area contributed by atoms with Gasteiger partial charge < -0.3 is 25.0 Å². The molecular weight excluding hydrogens is 398 g/mol. The number of ether oxygens (including phenoxy) is 2. The number of hydrogen-bond donors (Lipinski definition) is 2. The summed E-state index contributed by atoms with van der Waals surface area (Å²) in [6, 6.07) is 4.02. The van der Waals surface area contributed by atoms with Crippen LogP contribution in [0.4, 0.5) is 16.4 Å². The van der Waals surface area contributed by atoms with Crippen molar-refractivity contribution >= 4 is 28.8 Å². The number of nitrogens with zero attached hydrogens (tertiary/aromatic N) is 5. The molecule has 4 rings (SSSR count). The minimum atomic E-state index is -0.480. The molecule has 0 aliphatic carbocycles. The summed E-state index contributed by atoms with van der Waals surface area (Å²) in [6.07, 6.45) is 3.96. The van der Waals surface area contributed by atoms with Crippen molar-refractivity contribution in [2.75, 3.05) is 33.1 Å². The Bertz CT molecular complexity index is 1100. The van der Waals surface area contributed by atoms with Crippen molar-refractivity contribution in [3.63, 3.8) is 0 Å². The highest BCUT2D eigenvalue weighted by molar-refractivity contribution is 5.76. The highest BCUT2D eigenvalue weighted by Gasteiger charge is 2.18. The molecule has 1 amide bonds. The number of fused-ring (bicyclic) bond motifs is 2. The molecule has 0 fully saturated rings. The third-order valence-electron chi connectivity index (χ3n) is 5.34. The predicted molar refractivity (Wildman–Crippen MR) is 117 cm³/mol. The zero-order valence-corrected chi connectivity index (χ0v) is 18.2. The van der Waals surface area contributed by atoms with Crippen molar-refractivity contribution in [3.05, 3.63) is 35.7 Å². The smallest absolute Gasteiger partial charge is 0.407 e. The van der Waals surface area contributed by atoms with E-state index in [1.165, 1.54) is 18.2 Å². The number of carbonyl (C=O) groups is 1. The van der Waals surface area contributed by atoms with E-state index in [0.29, 0.717) is 18.1 Å². The molecule has 0 unspecified atom stereocenters. The average Bonchev–Trinajstić information content (AvgIpc) is 3.15. The predicted octanol–water partition coefficient (Wildman–Crippen LogP) is 2.31. The van der Waals surface area contributed by atoms with Gasteiger partial charge in [-0.05, 0) is 43.7 Å². The minimum Gasteiger partial charge on any atom is -0.495 e. The van der Waals surface area contributed by atoms with Gasteiger partial charge >= 0.3 is 6.09 Å². The van der Waals surface area contributed by atoms with Crippen LogP contribution in [0.2, 0.25) is 0 Å². The Kier molecular flexibility index (Phi) is 5.90. The van der Waals surface area contributed by atoms with Crippen LogP contribution in [0.25, 0.3) is 11.0 Å². The first-order chi connectivity index (χ1) is 15.0. The fourth-order valence-corrected chi connectivity index (χ4v) is 3.74. The van der Waals surface area contributed by atoms with Gasteiger partial charge in [0.2, 0.25) is 5.95 Å². The van der Waals surface area contributed by atoms with E-state index in [2.05, 4.69) is 54.5 Å². The van der Waals surface area contributed by atoms with E-state index in [4.69, 9.17) is 4.74 Å². The van der Waals surface area contributed by atoms with Gasteiger partial charge in [0, 0.05) is 25.3 Å². The van der Waals surface area contributed by atoms with E-state index < -0.39 is 6.09 Å². The molecular formula is C21H27N7O3. The number of aromatic nitrogens is 4. The zero-order chi connectivity index (χ0) is 22.0. The van der Waals surface area contributed by atoms with Crippen molar-refractivity contribution < 1.29 is 14.3 Å². The molecule has 1 atom stereocenters. The standard InChI is InChI=1S/C21H27N7O3/c1-13(24-21(29)31-4)11-28-19-16(10-23-28)9-22-20(26-19)25-17-7-15-12-27(2)6-5-14(15)8-18(17)30-3/h7-10,13H,5-6,11-12H2,1-4H3,(H,24,29)(H,22,25,26)/t13-/m0/s1. The van der Waals surface area contributed by atoms with Crippen molar-refractivity contribution in [1.29, 1.82) is 0 Å². The third-order valence-corrected chi connectivity index (χ3v) is 5.34. The van der Waals surface area contributed by atoms with Gasteiger partial charge in [-0.1, -0.05) is 0 Å². The van der Waals surface area contributed by atoms with Crippen LogP contribution in [0.1, 0.15) is 18.1 Å². The Morgan fingerprint density at radius 2 is 2.10 bits per heavy atom. The quantitative estimate of drug-likeness (QED) is 0.620. The maximum absolute atomic E-state index is 11.4. The molecule has 0 radical (unpaired) electrons. The molecule has 1 aliphatic heterocycles. The number of rotatable bonds is 6. The van der Waals surface area contributed by atoms with E-state index in [0.717, 1.165) is 36.3 Å². The molecule has 1 aliphatic rings. The van der Waals surface area contributed by atoms with Gasteiger partial charge in [-0.3, -0.25) is 0 Å². The molecule has 0 bridgehead atoms. The van der Waals surface area contributed by atoms with Crippen LogP contribution in [-0.2, 0) is 24.2 Å². The van der Waals surface area contributed by atoms with E-state index in [-0.39, 0.29) is 6.04 Å². The second-order valence-electron chi connectivity index (χ2n) is 7.77. The highest BCUT2D eigenvalue weighted by atomic mass is 16.5. The number of nitrogens with one attached hydrogen (secondary N) is 2. The molecule has 3 heterocycles. The summed E-state index contributed by atoms with van der Waals surface area (Å²) in [7, 11) is 5.12. The fraction of sp³-hybridized carbons (Fsp3) is 0.429. The first-order valence-electron chi connectivity index (χ1n) is 10.1. The molecule has 3 aromatic rings. The molecule has 31 heavy (non-hydrogen) atoms. The van der Waals surface area contributed by atoms with Gasteiger partial charge in [-0.25, -0.2) is 14.5 Å². The number of methoxy groups -OCH3 is 2. The van der Waals surface area contributed by atoms with Crippen LogP contribution < -0.4 is 15.4 Å². The maximum Gasteiger partial charge on any atom is 0.407 e. The van der Waals surface area contributed by atoms with Crippen LogP contribution in [-0.4, -0.2) is 64.6 Å². The largest absolute Gasteiger partial charge is 0.495 e. The van der Waals surface area contributed by atoms with Gasteiger partial charge in [0.05, 0.1) is 38.0 Å². The summed E-state index contributed by atoms with van der Waals surface area (Å²) in [5, 5.41) is 11.2. The second-order valence-corrected chi connectivity index (χ2v) is 7.77. The Morgan fingerprint density at radius 3 is 2.87 bits per heavy atom. The molecule has 2 aromatic heterocycles. The number of amides is 1. The van der Waals surface area contributed by atoms with Crippen LogP contribution in [0.3, 0.4) is 0 Å². The van der Waals surface area contributed by atoms with Crippen LogP contribution >= 0.6 is 0 Å².